The van der Waals surface area contributed by atoms with Crippen LogP contribution in [0.15, 0.2) is 58.7 Å². The number of benzene rings is 2. The topological polar surface area (TPSA) is 69.0 Å². The number of amides is 1. The molecule has 10 heteroatoms. The van der Waals surface area contributed by atoms with Crippen molar-refractivity contribution in [2.75, 3.05) is 17.7 Å². The third kappa shape index (κ3) is 7.78. The molecule has 0 fully saturated rings. The van der Waals surface area contributed by atoms with Crippen molar-refractivity contribution in [3.63, 3.8) is 0 Å². The molecule has 3 rings (SSSR count). The Hall–Kier alpha value is -2.00. The van der Waals surface area contributed by atoms with Crippen LogP contribution in [0.2, 0.25) is 10.0 Å². The number of allylic oxidation sites excluding steroid dienone is 1. The van der Waals surface area contributed by atoms with E-state index in [1.165, 1.54) is 11.8 Å². The Kier molecular flexibility index (Phi) is 9.67. The summed E-state index contributed by atoms with van der Waals surface area (Å²) in [6.07, 6.45) is 3.27. The molecule has 0 saturated carbocycles. The van der Waals surface area contributed by atoms with E-state index in [9.17, 15) is 4.79 Å². The van der Waals surface area contributed by atoms with E-state index in [4.69, 9.17) is 27.9 Å². The van der Waals surface area contributed by atoms with E-state index in [0.29, 0.717) is 40.5 Å². The van der Waals surface area contributed by atoms with E-state index in [2.05, 4.69) is 38.0 Å². The molecule has 0 aliphatic heterocycles. The Morgan fingerprint density at radius 3 is 2.70 bits per heavy atom. The maximum atomic E-state index is 12.4. The molecule has 0 spiro atoms. The predicted molar refractivity (Wildman–Crippen MR) is 139 cm³/mol. The highest BCUT2D eigenvalue weighted by Crippen LogP contribution is 2.24. The third-order valence-corrected chi connectivity index (χ3v) is 6.42. The first-order chi connectivity index (χ1) is 15.9. The Balaban J connectivity index is 1.53. The van der Waals surface area contributed by atoms with Crippen LogP contribution in [-0.2, 0) is 17.8 Å². The highest BCUT2D eigenvalue weighted by atomic mass is 79.9. The zero-order valence-electron chi connectivity index (χ0n) is 18.0. The van der Waals surface area contributed by atoms with Crippen LogP contribution >= 0.6 is 50.9 Å². The van der Waals surface area contributed by atoms with E-state index in [1.807, 2.05) is 29.7 Å². The number of hydrogen-bond acceptors (Lipinski definition) is 5. The van der Waals surface area contributed by atoms with Crippen LogP contribution in [0.4, 0.5) is 5.69 Å². The van der Waals surface area contributed by atoms with Crippen molar-refractivity contribution in [2.45, 2.75) is 31.5 Å². The fourth-order valence-electron chi connectivity index (χ4n) is 3.06. The van der Waals surface area contributed by atoms with E-state index in [1.54, 1.807) is 24.3 Å². The molecule has 2 aromatic carbocycles. The van der Waals surface area contributed by atoms with Gasteiger partial charge in [0, 0.05) is 33.2 Å². The molecule has 0 radical (unpaired) electrons. The van der Waals surface area contributed by atoms with Gasteiger partial charge in [-0.05, 0) is 55.3 Å². The van der Waals surface area contributed by atoms with Gasteiger partial charge in [-0.1, -0.05) is 57.0 Å². The molecule has 3 aromatic rings. The number of hydrogen-bond donors (Lipinski definition) is 1. The second-order valence-electron chi connectivity index (χ2n) is 7.15. The largest absolute Gasteiger partial charge is 0.493 e. The van der Waals surface area contributed by atoms with Gasteiger partial charge in [0.15, 0.2) is 5.16 Å². The number of rotatable bonds is 11. The lowest BCUT2D eigenvalue weighted by Crippen LogP contribution is -2.15. The second kappa shape index (κ2) is 12.5. The average Bonchev–Trinajstić information content (AvgIpc) is 3.12. The molecule has 0 aliphatic carbocycles. The maximum absolute atomic E-state index is 12.4. The number of aryl methyl sites for hydroxylation is 2. The molecule has 1 amide bonds. The van der Waals surface area contributed by atoms with Gasteiger partial charge in [-0.2, -0.15) is 0 Å². The summed E-state index contributed by atoms with van der Waals surface area (Å²) in [6, 6.07) is 10.8. The molecule has 1 N–H and O–H groups in total. The molecule has 0 aliphatic rings. The number of aromatic nitrogens is 3. The number of carbonyl (C=O) groups is 1. The molecule has 0 unspecified atom stereocenters. The van der Waals surface area contributed by atoms with Crippen LogP contribution in [0.3, 0.4) is 0 Å². The SMILES string of the molecule is C=CCn1c(CCCOc2ccc(Br)cc2C)nnc1SCC(=O)Nc1cc(Cl)cc(Cl)c1. The van der Waals surface area contributed by atoms with Crippen LogP contribution in [0.1, 0.15) is 17.8 Å². The summed E-state index contributed by atoms with van der Waals surface area (Å²) >= 11 is 16.7. The molecule has 6 nitrogen and oxygen atoms in total. The molecule has 0 saturated heterocycles. The summed E-state index contributed by atoms with van der Waals surface area (Å²) in [4.78, 5) is 12.4. The Labute approximate surface area is 215 Å². The van der Waals surface area contributed by atoms with Gasteiger partial charge in [-0.15, -0.1) is 16.8 Å². The average molecular weight is 570 g/mol. The summed E-state index contributed by atoms with van der Waals surface area (Å²) in [7, 11) is 0. The van der Waals surface area contributed by atoms with Crippen molar-refractivity contribution in [1.29, 1.82) is 0 Å². The van der Waals surface area contributed by atoms with Crippen molar-refractivity contribution in [3.8, 4) is 5.75 Å². The Morgan fingerprint density at radius 2 is 2.00 bits per heavy atom. The summed E-state index contributed by atoms with van der Waals surface area (Å²) in [5.41, 5.74) is 1.63. The molecule has 0 bridgehead atoms. The fourth-order valence-corrected chi connectivity index (χ4v) is 4.83. The highest BCUT2D eigenvalue weighted by Gasteiger charge is 2.14. The minimum atomic E-state index is -0.189. The minimum absolute atomic E-state index is 0.172. The molecule has 0 atom stereocenters. The normalized spacial score (nSPS) is 10.8. The number of nitrogens with one attached hydrogen (secondary N) is 1. The van der Waals surface area contributed by atoms with Crippen LogP contribution < -0.4 is 10.1 Å². The van der Waals surface area contributed by atoms with Crippen molar-refractivity contribution in [2.24, 2.45) is 0 Å². The first kappa shape index (κ1) is 25.6. The Morgan fingerprint density at radius 1 is 1.24 bits per heavy atom. The van der Waals surface area contributed by atoms with Crippen molar-refractivity contribution in [3.05, 3.63) is 75.0 Å². The first-order valence-electron chi connectivity index (χ1n) is 10.2. The molecule has 33 heavy (non-hydrogen) atoms. The molecule has 1 aromatic heterocycles. The Bertz CT molecular complexity index is 1120. The minimum Gasteiger partial charge on any atom is -0.493 e. The zero-order chi connectivity index (χ0) is 23.8. The predicted octanol–water partition coefficient (Wildman–Crippen LogP) is 6.58. The second-order valence-corrected chi connectivity index (χ2v) is 9.89. The molecule has 1 heterocycles. The van der Waals surface area contributed by atoms with Crippen molar-refractivity contribution < 1.29 is 9.53 Å². The molecule has 174 valence electrons. The smallest absolute Gasteiger partial charge is 0.234 e. The number of anilines is 1. The van der Waals surface area contributed by atoms with Gasteiger partial charge in [0.05, 0.1) is 12.4 Å². The third-order valence-electron chi connectivity index (χ3n) is 4.52. The lowest BCUT2D eigenvalue weighted by atomic mass is 10.2. The lowest BCUT2D eigenvalue weighted by Gasteiger charge is -2.10. The first-order valence-corrected chi connectivity index (χ1v) is 12.7. The van der Waals surface area contributed by atoms with Gasteiger partial charge in [-0.25, -0.2) is 0 Å². The number of halogens is 3. The van der Waals surface area contributed by atoms with Gasteiger partial charge in [0.2, 0.25) is 5.91 Å². The summed E-state index contributed by atoms with van der Waals surface area (Å²) in [5.74, 6) is 1.68. The van der Waals surface area contributed by atoms with Crippen molar-refractivity contribution in [1.82, 2.24) is 14.8 Å². The summed E-state index contributed by atoms with van der Waals surface area (Å²) in [6.45, 7) is 6.96. The van der Waals surface area contributed by atoms with Gasteiger partial charge >= 0.3 is 0 Å². The van der Waals surface area contributed by atoms with E-state index in [-0.39, 0.29) is 11.7 Å². The van der Waals surface area contributed by atoms with Gasteiger partial charge in [-0.3, -0.25) is 4.79 Å². The van der Waals surface area contributed by atoms with Gasteiger partial charge in [0.1, 0.15) is 11.6 Å². The lowest BCUT2D eigenvalue weighted by molar-refractivity contribution is -0.113. The number of nitrogens with zero attached hydrogens (tertiary/aromatic N) is 3. The molecular weight excluding hydrogens is 547 g/mol. The quantitative estimate of drug-likeness (QED) is 0.160. The van der Waals surface area contributed by atoms with E-state index >= 15 is 0 Å². The maximum Gasteiger partial charge on any atom is 0.234 e. The standard InChI is InChI=1S/C23H23BrCl2N4O2S/c1-3-8-30-21(5-4-9-32-20-7-6-16(24)10-15(20)2)28-29-23(30)33-14-22(31)27-19-12-17(25)11-18(26)13-19/h3,6-7,10-13H,1,4-5,8-9,14H2,2H3,(H,27,31). The monoisotopic (exact) mass is 568 g/mol. The van der Waals surface area contributed by atoms with Crippen LogP contribution in [0.5, 0.6) is 5.75 Å². The number of ether oxygens (including phenoxy) is 1. The van der Waals surface area contributed by atoms with Crippen LogP contribution in [0, 0.1) is 6.92 Å². The van der Waals surface area contributed by atoms with Crippen molar-refractivity contribution >= 4 is 62.5 Å². The summed E-state index contributed by atoms with van der Waals surface area (Å²) in [5, 5.41) is 12.9. The summed E-state index contributed by atoms with van der Waals surface area (Å²) < 4.78 is 8.89. The number of thioether (sulfide) groups is 1. The van der Waals surface area contributed by atoms with Gasteiger partial charge < -0.3 is 14.6 Å². The van der Waals surface area contributed by atoms with E-state index < -0.39 is 0 Å². The van der Waals surface area contributed by atoms with Crippen LogP contribution in [0.25, 0.3) is 0 Å². The zero-order valence-corrected chi connectivity index (χ0v) is 21.9. The fraction of sp³-hybridized carbons (Fsp3) is 0.261. The van der Waals surface area contributed by atoms with E-state index in [0.717, 1.165) is 28.0 Å². The number of carbonyl (C=O) groups excluding carboxylic acids is 1. The van der Waals surface area contributed by atoms with Gasteiger partial charge in [0.25, 0.3) is 0 Å². The van der Waals surface area contributed by atoms with Crippen LogP contribution in [-0.4, -0.2) is 33.0 Å². The highest BCUT2D eigenvalue weighted by molar-refractivity contribution is 9.10. The molecular formula is C23H23BrCl2N4O2S.